The molecule has 3 aromatic rings. The summed E-state index contributed by atoms with van der Waals surface area (Å²) in [6.07, 6.45) is 6.57. The summed E-state index contributed by atoms with van der Waals surface area (Å²) >= 11 is 0. The van der Waals surface area contributed by atoms with Gasteiger partial charge in [0.15, 0.2) is 11.4 Å². The number of hydrazone groups is 1. The van der Waals surface area contributed by atoms with E-state index in [0.29, 0.717) is 0 Å². The first-order chi connectivity index (χ1) is 22.2. The van der Waals surface area contributed by atoms with Crippen molar-refractivity contribution in [3.63, 3.8) is 0 Å². The van der Waals surface area contributed by atoms with Crippen LogP contribution < -0.4 is 69.7 Å². The van der Waals surface area contributed by atoms with Crippen LogP contribution >= 0.6 is 0 Å². The summed E-state index contributed by atoms with van der Waals surface area (Å²) in [6.45, 7) is 3.09. The third-order valence-electron chi connectivity index (χ3n) is 6.25. The molecular weight excluding hydrogens is 706 g/mol. The van der Waals surface area contributed by atoms with Crippen molar-refractivity contribution in [3.05, 3.63) is 100 Å². The second-order valence-electron chi connectivity index (χ2n) is 9.27. The first kappa shape index (κ1) is 41.7. The van der Waals surface area contributed by atoms with E-state index in [-0.39, 0.29) is 106 Å². The van der Waals surface area contributed by atoms with Gasteiger partial charge >= 0.3 is 71.1 Å². The van der Waals surface area contributed by atoms with Crippen LogP contribution in [0.3, 0.4) is 0 Å². The average Bonchev–Trinajstić information content (AvgIpc) is 3.52. The molecule has 0 aliphatic carbocycles. The number of amides is 1. The Balaban J connectivity index is 0.00000417. The maximum absolute atomic E-state index is 13.2. The SMILES string of the molecule is CCOC(=O)C1=NN(c2ccc(S(=O)(=O)[O-])cc2)C(=O)\C1=C/C=C/C=C/c1c(C(=O)OCC)[nH]n(-c2ccc(S(=O)(=O)[O-])cc2)c1=O.[Na+].[Na+]. The summed E-state index contributed by atoms with van der Waals surface area (Å²) in [5.74, 6) is -2.54. The third-order valence-corrected chi connectivity index (χ3v) is 7.95. The molecule has 0 radical (unpaired) electrons. The maximum Gasteiger partial charge on any atom is 1.00 e. The largest absolute Gasteiger partial charge is 1.00 e. The van der Waals surface area contributed by atoms with Crippen LogP contribution in [0.4, 0.5) is 5.69 Å². The van der Waals surface area contributed by atoms with Crippen molar-refractivity contribution >= 4 is 55.6 Å². The van der Waals surface area contributed by atoms with Crippen LogP contribution in [0.25, 0.3) is 11.8 Å². The van der Waals surface area contributed by atoms with E-state index in [1.165, 1.54) is 54.6 Å². The molecule has 1 aliphatic rings. The fourth-order valence-electron chi connectivity index (χ4n) is 4.12. The number of ether oxygens (including phenoxy) is 2. The van der Waals surface area contributed by atoms with Gasteiger partial charge in [0.1, 0.15) is 20.2 Å². The van der Waals surface area contributed by atoms with Gasteiger partial charge in [-0.05, 0) is 74.5 Å². The first-order valence-electron chi connectivity index (χ1n) is 13.5. The molecule has 49 heavy (non-hydrogen) atoms. The topological polar surface area (TPSA) is 237 Å². The standard InChI is InChI=1S/C29H26N4O12S2.2Na/c1-3-44-28(36)24-22(26(34)32(30-24)18-10-14-20(15-11-18)46(38,39)40)8-6-5-7-9-23-25(29(37)45-4-2)31-33(27(23)35)19-12-16-21(17-13-19)47(41,42)43;;/h5-17,30H,3-4H2,1-2H3,(H,38,39,40)(H,41,42,43);;/q;2*+1/p-2/b7-5+,8-6+,23-9-;;. The van der Waals surface area contributed by atoms with Gasteiger partial charge in [-0.2, -0.15) is 10.1 Å². The van der Waals surface area contributed by atoms with Crippen molar-refractivity contribution in [3.8, 4) is 5.69 Å². The van der Waals surface area contributed by atoms with Gasteiger partial charge in [-0.25, -0.2) is 31.1 Å². The van der Waals surface area contributed by atoms with E-state index in [1.807, 2.05) is 0 Å². The Labute approximate surface area is 324 Å². The molecule has 0 saturated heterocycles. The van der Waals surface area contributed by atoms with Crippen LogP contribution in [0.15, 0.2) is 98.1 Å². The van der Waals surface area contributed by atoms with Crippen LogP contribution in [0.5, 0.6) is 0 Å². The Morgan fingerprint density at radius 2 is 1.31 bits per heavy atom. The van der Waals surface area contributed by atoms with Crippen molar-refractivity contribution in [2.45, 2.75) is 23.6 Å². The summed E-state index contributed by atoms with van der Waals surface area (Å²) in [4.78, 5) is 50.5. The van der Waals surface area contributed by atoms with Gasteiger partial charge in [-0.1, -0.05) is 18.2 Å². The van der Waals surface area contributed by atoms with E-state index in [9.17, 15) is 45.1 Å². The van der Waals surface area contributed by atoms with E-state index in [0.717, 1.165) is 34.0 Å². The fraction of sp³-hybridized carbons (Fsp3) is 0.138. The summed E-state index contributed by atoms with van der Waals surface area (Å²) in [5.41, 5.74) is -1.43. The molecule has 1 amide bonds. The molecule has 4 rings (SSSR count). The van der Waals surface area contributed by atoms with E-state index in [2.05, 4.69) is 10.2 Å². The van der Waals surface area contributed by atoms with Crippen LogP contribution in [0.1, 0.15) is 29.9 Å². The Morgan fingerprint density at radius 3 is 1.82 bits per heavy atom. The number of carbonyl (C=O) groups is 3. The molecule has 0 saturated carbocycles. The minimum Gasteiger partial charge on any atom is -0.744 e. The smallest absolute Gasteiger partial charge is 0.744 e. The molecule has 0 bridgehead atoms. The molecular formula is C29H24N4Na2O12S2. The van der Waals surface area contributed by atoms with Crippen LogP contribution in [0, 0.1) is 0 Å². The molecule has 0 atom stereocenters. The van der Waals surface area contributed by atoms with E-state index >= 15 is 0 Å². The zero-order valence-electron chi connectivity index (χ0n) is 26.5. The summed E-state index contributed by atoms with van der Waals surface area (Å²) in [7, 11) is -9.47. The number of hydrogen-bond acceptors (Lipinski definition) is 13. The predicted octanol–water partition coefficient (Wildman–Crippen LogP) is -4.38. The minimum atomic E-state index is -4.74. The molecule has 1 aromatic heterocycles. The molecule has 2 heterocycles. The number of aromatic nitrogens is 2. The average molecular weight is 731 g/mol. The summed E-state index contributed by atoms with van der Waals surface area (Å²) in [5, 5.41) is 7.45. The molecule has 20 heteroatoms. The van der Waals surface area contributed by atoms with Crippen molar-refractivity contribution in [2.24, 2.45) is 5.10 Å². The summed E-state index contributed by atoms with van der Waals surface area (Å²) < 4.78 is 78.5. The van der Waals surface area contributed by atoms with Crippen molar-refractivity contribution in [1.82, 2.24) is 9.78 Å². The van der Waals surface area contributed by atoms with Crippen molar-refractivity contribution in [2.75, 3.05) is 18.2 Å². The molecule has 0 spiro atoms. The molecule has 0 fully saturated rings. The van der Waals surface area contributed by atoms with Crippen LogP contribution in [-0.4, -0.2) is 72.5 Å². The maximum atomic E-state index is 13.2. The Bertz CT molecular complexity index is 2130. The molecule has 1 aliphatic heterocycles. The zero-order chi connectivity index (χ0) is 34.5. The molecule has 246 valence electrons. The molecule has 1 N–H and O–H groups in total. The second kappa shape index (κ2) is 17.5. The van der Waals surface area contributed by atoms with Gasteiger partial charge in [0, 0.05) is 0 Å². The van der Waals surface area contributed by atoms with Crippen molar-refractivity contribution < 1.29 is 109 Å². The number of benzene rings is 2. The van der Waals surface area contributed by atoms with Gasteiger partial charge in [0.05, 0.1) is 45.5 Å². The van der Waals surface area contributed by atoms with E-state index in [4.69, 9.17) is 9.47 Å². The fourth-order valence-corrected chi connectivity index (χ4v) is 5.06. The second-order valence-corrected chi connectivity index (χ2v) is 12.0. The van der Waals surface area contributed by atoms with Gasteiger partial charge in [0.2, 0.25) is 0 Å². The molecule has 0 unspecified atom stereocenters. The first-order valence-corrected chi connectivity index (χ1v) is 16.3. The molecule has 16 nitrogen and oxygen atoms in total. The number of H-pyrrole nitrogens is 1. The van der Waals surface area contributed by atoms with Gasteiger partial charge in [-0.15, -0.1) is 0 Å². The number of anilines is 1. The number of rotatable bonds is 11. The summed E-state index contributed by atoms with van der Waals surface area (Å²) in [6, 6.07) is 8.72. The van der Waals surface area contributed by atoms with E-state index in [1.54, 1.807) is 13.8 Å². The number of esters is 2. The predicted molar refractivity (Wildman–Crippen MR) is 163 cm³/mol. The third kappa shape index (κ3) is 9.85. The number of allylic oxidation sites excluding steroid dienone is 4. The Kier molecular flexibility index (Phi) is 14.9. The monoisotopic (exact) mass is 730 g/mol. The normalized spacial score (nSPS) is 14.1. The minimum absolute atomic E-state index is 0. The number of carbonyl (C=O) groups excluding carboxylic acids is 3. The van der Waals surface area contributed by atoms with Gasteiger partial charge < -0.3 is 18.6 Å². The van der Waals surface area contributed by atoms with E-state index < -0.39 is 53.4 Å². The van der Waals surface area contributed by atoms with Crippen LogP contribution in [-0.2, 0) is 39.3 Å². The molecule has 2 aromatic carbocycles. The quantitative estimate of drug-likeness (QED) is 0.0648. The Morgan fingerprint density at radius 1 is 0.796 bits per heavy atom. The number of aromatic amines is 1. The van der Waals surface area contributed by atoms with Crippen LogP contribution in [0.2, 0.25) is 0 Å². The Hall–Kier alpha value is -3.43. The van der Waals surface area contributed by atoms with Gasteiger partial charge in [-0.3, -0.25) is 14.7 Å². The van der Waals surface area contributed by atoms with Crippen molar-refractivity contribution in [1.29, 1.82) is 0 Å². The number of hydrogen-bond donors (Lipinski definition) is 1. The zero-order valence-corrected chi connectivity index (χ0v) is 32.1. The number of nitrogens with zero attached hydrogens (tertiary/aromatic N) is 3. The number of nitrogens with one attached hydrogen (secondary N) is 1. The van der Waals surface area contributed by atoms with Gasteiger partial charge in [0.25, 0.3) is 11.5 Å².